The first kappa shape index (κ1) is 24.8. The Bertz CT molecular complexity index is 1410. The molecule has 0 saturated carbocycles. The lowest BCUT2D eigenvalue weighted by Gasteiger charge is -2.37. The average molecular weight is 540 g/mol. The molecule has 2 aliphatic rings. The van der Waals surface area contributed by atoms with Crippen molar-refractivity contribution < 1.29 is 4.79 Å². The molecule has 186 valence electrons. The van der Waals surface area contributed by atoms with E-state index in [2.05, 4.69) is 16.7 Å². The second-order valence-corrected chi connectivity index (χ2v) is 10.8. The number of hydrogen-bond acceptors (Lipinski definition) is 7. The summed E-state index contributed by atoms with van der Waals surface area (Å²) in [5, 5.41) is 0.706. The maximum Gasteiger partial charge on any atom is 0.267 e. The topological polar surface area (TPSA) is 61.2 Å². The highest BCUT2D eigenvalue weighted by atomic mass is 35.5. The Morgan fingerprint density at radius 3 is 2.61 bits per heavy atom. The number of anilines is 2. The number of nitrogens with zero attached hydrogens (tertiary/aromatic N) is 5. The van der Waals surface area contributed by atoms with Crippen molar-refractivity contribution in [3.05, 3.63) is 74.5 Å². The summed E-state index contributed by atoms with van der Waals surface area (Å²) < 4.78 is 2.06. The fraction of sp³-hybridized carbons (Fsp3) is 0.308. The second kappa shape index (κ2) is 10.6. The van der Waals surface area contributed by atoms with E-state index in [0.29, 0.717) is 50.9 Å². The van der Waals surface area contributed by atoms with E-state index in [4.69, 9.17) is 28.8 Å². The second-order valence-electron chi connectivity index (χ2n) is 8.72. The highest BCUT2D eigenvalue weighted by molar-refractivity contribution is 8.26. The molecule has 1 amide bonds. The normalized spacial score (nSPS) is 17.6. The Labute approximate surface area is 224 Å². The number of halogens is 1. The van der Waals surface area contributed by atoms with Gasteiger partial charge in [0, 0.05) is 49.6 Å². The molecule has 0 spiro atoms. The number of unbranched alkanes of at least 4 members (excludes halogenated alkanes) is 1. The highest BCUT2D eigenvalue weighted by Crippen LogP contribution is 2.34. The Balaban J connectivity index is 1.49. The zero-order valence-corrected chi connectivity index (χ0v) is 22.3. The van der Waals surface area contributed by atoms with E-state index in [0.717, 1.165) is 31.6 Å². The first-order chi connectivity index (χ1) is 17.5. The molecule has 3 aromatic rings. The minimum atomic E-state index is -0.202. The van der Waals surface area contributed by atoms with Crippen molar-refractivity contribution >= 4 is 69.0 Å². The molecule has 0 bridgehead atoms. The summed E-state index contributed by atoms with van der Waals surface area (Å²) in [5.74, 6) is 0.448. The molecule has 4 heterocycles. The third-order valence-electron chi connectivity index (χ3n) is 6.39. The molecule has 2 fully saturated rings. The fourth-order valence-electron chi connectivity index (χ4n) is 4.45. The Kier molecular flexibility index (Phi) is 7.32. The standard InChI is InChI=1S/C26H26ClN5O2S2/c1-2-3-10-32-25(34)21(36-26(32)35)17-20-23(28-22-9-4-5-11-31(22)24(20)33)30-14-12-29(13-15-30)19-8-6-7-18(27)16-19/h4-9,11,16-17H,2-3,10,12-15H2,1H3. The average Bonchev–Trinajstić information content (AvgIpc) is 3.16. The SMILES string of the molecule is CCCCN1C(=O)C(=Cc2c(N3CCN(c4cccc(Cl)c4)CC3)nc3ccccn3c2=O)SC1=S. The van der Waals surface area contributed by atoms with Crippen LogP contribution in [0.1, 0.15) is 25.3 Å². The number of pyridine rings is 1. The van der Waals surface area contributed by atoms with Crippen LogP contribution in [0.15, 0.2) is 58.4 Å². The summed E-state index contributed by atoms with van der Waals surface area (Å²) in [6, 6.07) is 13.3. The number of carbonyl (C=O) groups excluding carboxylic acids is 1. The van der Waals surface area contributed by atoms with Crippen molar-refractivity contribution in [1.82, 2.24) is 14.3 Å². The molecular formula is C26H26ClN5O2S2. The first-order valence-corrected chi connectivity index (χ1v) is 13.6. The van der Waals surface area contributed by atoms with E-state index in [9.17, 15) is 9.59 Å². The van der Waals surface area contributed by atoms with Gasteiger partial charge in [-0.1, -0.05) is 61.1 Å². The maximum absolute atomic E-state index is 13.6. The van der Waals surface area contributed by atoms with E-state index >= 15 is 0 Å². The van der Waals surface area contributed by atoms with Gasteiger partial charge in [-0.15, -0.1) is 0 Å². The predicted molar refractivity (Wildman–Crippen MR) is 152 cm³/mol. The van der Waals surface area contributed by atoms with Crippen LogP contribution in [0.25, 0.3) is 11.7 Å². The van der Waals surface area contributed by atoms with Crippen molar-refractivity contribution in [3.63, 3.8) is 0 Å². The third kappa shape index (κ3) is 4.87. The lowest BCUT2D eigenvalue weighted by Crippen LogP contribution is -2.47. The van der Waals surface area contributed by atoms with Crippen LogP contribution in [0.4, 0.5) is 11.5 Å². The van der Waals surface area contributed by atoms with Crippen molar-refractivity contribution in [2.24, 2.45) is 0 Å². The van der Waals surface area contributed by atoms with Gasteiger partial charge in [-0.3, -0.25) is 18.9 Å². The van der Waals surface area contributed by atoms with Gasteiger partial charge >= 0.3 is 0 Å². The summed E-state index contributed by atoms with van der Waals surface area (Å²) in [6.07, 6.45) is 5.23. The van der Waals surface area contributed by atoms with E-state index in [1.54, 1.807) is 23.2 Å². The van der Waals surface area contributed by atoms with Crippen LogP contribution in [-0.2, 0) is 4.79 Å². The number of hydrogen-bond donors (Lipinski definition) is 0. The van der Waals surface area contributed by atoms with Crippen molar-refractivity contribution in [1.29, 1.82) is 0 Å². The van der Waals surface area contributed by atoms with Gasteiger partial charge in [-0.05, 0) is 42.8 Å². The molecule has 0 radical (unpaired) electrons. The molecule has 2 saturated heterocycles. The van der Waals surface area contributed by atoms with Crippen LogP contribution in [0.5, 0.6) is 0 Å². The zero-order valence-electron chi connectivity index (χ0n) is 19.9. The van der Waals surface area contributed by atoms with Gasteiger partial charge in [0.05, 0.1) is 10.5 Å². The lowest BCUT2D eigenvalue weighted by atomic mass is 10.2. The van der Waals surface area contributed by atoms with E-state index < -0.39 is 0 Å². The van der Waals surface area contributed by atoms with Crippen LogP contribution in [0, 0.1) is 0 Å². The number of benzene rings is 1. The molecular weight excluding hydrogens is 514 g/mol. The number of piperazine rings is 1. The fourth-order valence-corrected chi connectivity index (χ4v) is 5.92. The first-order valence-electron chi connectivity index (χ1n) is 12.0. The van der Waals surface area contributed by atoms with Gasteiger partial charge in [0.1, 0.15) is 15.8 Å². The van der Waals surface area contributed by atoms with E-state index in [-0.39, 0.29) is 11.5 Å². The van der Waals surface area contributed by atoms with E-state index in [1.807, 2.05) is 36.4 Å². The van der Waals surface area contributed by atoms with Gasteiger partial charge in [-0.2, -0.15) is 0 Å². The molecule has 2 aromatic heterocycles. The summed E-state index contributed by atoms with van der Waals surface area (Å²) in [7, 11) is 0. The Hall–Kier alpha value is -2.88. The van der Waals surface area contributed by atoms with Gasteiger partial charge < -0.3 is 9.80 Å². The molecule has 1 aromatic carbocycles. The zero-order chi connectivity index (χ0) is 25.2. The molecule has 0 atom stereocenters. The van der Waals surface area contributed by atoms with Gasteiger partial charge in [0.15, 0.2) is 0 Å². The highest BCUT2D eigenvalue weighted by Gasteiger charge is 2.32. The Morgan fingerprint density at radius 2 is 1.86 bits per heavy atom. The lowest BCUT2D eigenvalue weighted by molar-refractivity contribution is -0.122. The van der Waals surface area contributed by atoms with Crippen molar-refractivity contribution in [2.75, 3.05) is 42.5 Å². The van der Waals surface area contributed by atoms with Gasteiger partial charge in [-0.25, -0.2) is 4.98 Å². The molecule has 2 aliphatic heterocycles. The van der Waals surface area contributed by atoms with Crippen molar-refractivity contribution in [3.8, 4) is 0 Å². The monoisotopic (exact) mass is 539 g/mol. The molecule has 10 heteroatoms. The minimum Gasteiger partial charge on any atom is -0.368 e. The maximum atomic E-state index is 13.6. The Morgan fingerprint density at radius 1 is 1.08 bits per heavy atom. The third-order valence-corrected chi connectivity index (χ3v) is 8.00. The number of rotatable bonds is 6. The van der Waals surface area contributed by atoms with Gasteiger partial charge in [0.25, 0.3) is 11.5 Å². The van der Waals surface area contributed by atoms with Crippen LogP contribution in [0.3, 0.4) is 0 Å². The largest absolute Gasteiger partial charge is 0.368 e. The van der Waals surface area contributed by atoms with E-state index in [1.165, 1.54) is 16.2 Å². The summed E-state index contributed by atoms with van der Waals surface area (Å²) >= 11 is 12.9. The molecule has 0 N–H and O–H groups in total. The number of carbonyl (C=O) groups is 1. The summed E-state index contributed by atoms with van der Waals surface area (Å²) in [4.78, 5) is 38.1. The molecule has 0 aliphatic carbocycles. The predicted octanol–water partition coefficient (Wildman–Crippen LogP) is 4.68. The van der Waals surface area contributed by atoms with Crippen LogP contribution in [0.2, 0.25) is 5.02 Å². The molecule has 0 unspecified atom stereocenters. The van der Waals surface area contributed by atoms with Crippen LogP contribution < -0.4 is 15.4 Å². The number of thioether (sulfide) groups is 1. The quantitative estimate of drug-likeness (QED) is 0.333. The smallest absolute Gasteiger partial charge is 0.267 e. The minimum absolute atomic E-state index is 0.146. The molecule has 7 nitrogen and oxygen atoms in total. The van der Waals surface area contributed by atoms with Crippen LogP contribution in [-0.4, -0.2) is 57.2 Å². The van der Waals surface area contributed by atoms with Crippen molar-refractivity contribution in [2.45, 2.75) is 19.8 Å². The number of amides is 1. The summed E-state index contributed by atoms with van der Waals surface area (Å²) in [6.45, 7) is 5.55. The molecule has 36 heavy (non-hydrogen) atoms. The number of thiocarbonyl (C=S) groups is 1. The van der Waals surface area contributed by atoms with Gasteiger partial charge in [0.2, 0.25) is 0 Å². The summed E-state index contributed by atoms with van der Waals surface area (Å²) in [5.41, 5.74) is 1.85. The number of aromatic nitrogens is 2. The van der Waals surface area contributed by atoms with Crippen LogP contribution >= 0.6 is 35.6 Å². The molecule has 5 rings (SSSR count). The number of fused-ring (bicyclic) bond motifs is 1.